The van der Waals surface area contributed by atoms with Gasteiger partial charge in [-0.3, -0.25) is 4.79 Å². The fraction of sp³-hybridized carbons (Fsp3) is 0.643. The van der Waals surface area contributed by atoms with Crippen LogP contribution in [-0.2, 0) is 11.3 Å². The molecule has 0 radical (unpaired) electrons. The first-order valence-corrected chi connectivity index (χ1v) is 6.52. The molecule has 0 saturated carbocycles. The molecule has 0 aliphatic rings. The minimum Gasteiger partial charge on any atom is -0.472 e. The van der Waals surface area contributed by atoms with E-state index in [9.17, 15) is 4.79 Å². The van der Waals surface area contributed by atoms with Crippen LogP contribution in [0.3, 0.4) is 0 Å². The first kappa shape index (κ1) is 14.8. The summed E-state index contributed by atoms with van der Waals surface area (Å²) < 4.78 is 4.99. The molecule has 1 aromatic rings. The Morgan fingerprint density at radius 1 is 1.44 bits per heavy atom. The van der Waals surface area contributed by atoms with E-state index in [1.807, 2.05) is 27.0 Å². The molecule has 2 N–H and O–H groups in total. The van der Waals surface area contributed by atoms with E-state index in [-0.39, 0.29) is 17.9 Å². The summed E-state index contributed by atoms with van der Waals surface area (Å²) in [5.74, 6) is 0.238. The molecule has 18 heavy (non-hydrogen) atoms. The van der Waals surface area contributed by atoms with Crippen LogP contribution in [-0.4, -0.2) is 23.9 Å². The van der Waals surface area contributed by atoms with E-state index >= 15 is 0 Å². The summed E-state index contributed by atoms with van der Waals surface area (Å²) in [5.41, 5.74) is 6.72. The van der Waals surface area contributed by atoms with Crippen LogP contribution in [0.4, 0.5) is 0 Å². The summed E-state index contributed by atoms with van der Waals surface area (Å²) in [6, 6.07) is 2.10. The predicted molar refractivity (Wildman–Crippen MR) is 71.8 cm³/mol. The van der Waals surface area contributed by atoms with Gasteiger partial charge in [0, 0.05) is 31.1 Å². The van der Waals surface area contributed by atoms with E-state index in [2.05, 4.69) is 0 Å². The number of furan rings is 1. The molecule has 0 saturated heterocycles. The summed E-state index contributed by atoms with van der Waals surface area (Å²) in [6.07, 6.45) is 6.17. The quantitative estimate of drug-likeness (QED) is 0.810. The summed E-state index contributed by atoms with van der Waals surface area (Å²) in [5, 5.41) is 0. The number of carbonyl (C=O) groups excluding carboxylic acids is 1. The molecule has 0 aliphatic heterocycles. The van der Waals surface area contributed by atoms with Gasteiger partial charge in [0.05, 0.1) is 12.5 Å². The lowest BCUT2D eigenvalue weighted by molar-refractivity contribution is -0.134. The molecule has 1 heterocycles. The Kier molecular flexibility index (Phi) is 5.92. The van der Waals surface area contributed by atoms with E-state index in [1.165, 1.54) is 0 Å². The van der Waals surface area contributed by atoms with Crippen LogP contribution in [0.15, 0.2) is 23.0 Å². The number of hydrogen-bond acceptors (Lipinski definition) is 3. The van der Waals surface area contributed by atoms with E-state index in [4.69, 9.17) is 10.2 Å². The Morgan fingerprint density at radius 3 is 2.72 bits per heavy atom. The van der Waals surface area contributed by atoms with Gasteiger partial charge in [-0.1, -0.05) is 13.3 Å². The van der Waals surface area contributed by atoms with Gasteiger partial charge in [-0.05, 0) is 25.8 Å². The van der Waals surface area contributed by atoms with Gasteiger partial charge in [0.15, 0.2) is 0 Å². The van der Waals surface area contributed by atoms with Gasteiger partial charge in [0.1, 0.15) is 0 Å². The van der Waals surface area contributed by atoms with Crippen molar-refractivity contribution >= 4 is 5.91 Å². The molecule has 2 unspecified atom stereocenters. The number of nitrogens with zero attached hydrogens (tertiary/aromatic N) is 1. The Morgan fingerprint density at radius 2 is 2.17 bits per heavy atom. The monoisotopic (exact) mass is 252 g/mol. The molecule has 4 nitrogen and oxygen atoms in total. The lowest BCUT2D eigenvalue weighted by Crippen LogP contribution is -2.31. The van der Waals surface area contributed by atoms with Crippen LogP contribution in [0.1, 0.15) is 38.7 Å². The molecule has 1 aromatic heterocycles. The third kappa shape index (κ3) is 4.92. The summed E-state index contributed by atoms with van der Waals surface area (Å²) >= 11 is 0. The van der Waals surface area contributed by atoms with Crippen molar-refractivity contribution in [1.29, 1.82) is 0 Å². The number of rotatable bonds is 7. The zero-order valence-corrected chi connectivity index (χ0v) is 11.6. The van der Waals surface area contributed by atoms with Crippen molar-refractivity contribution in [3.63, 3.8) is 0 Å². The van der Waals surface area contributed by atoms with Gasteiger partial charge in [-0.25, -0.2) is 0 Å². The van der Waals surface area contributed by atoms with Crippen LogP contribution in [0.25, 0.3) is 0 Å². The van der Waals surface area contributed by atoms with Gasteiger partial charge >= 0.3 is 0 Å². The largest absolute Gasteiger partial charge is 0.472 e. The van der Waals surface area contributed by atoms with E-state index < -0.39 is 0 Å². The van der Waals surface area contributed by atoms with Crippen molar-refractivity contribution < 1.29 is 9.21 Å². The van der Waals surface area contributed by atoms with Crippen molar-refractivity contribution in [2.45, 2.75) is 45.7 Å². The van der Waals surface area contributed by atoms with E-state index in [0.717, 1.165) is 24.8 Å². The lowest BCUT2D eigenvalue weighted by atomic mass is 10.0. The maximum absolute atomic E-state index is 12.1. The zero-order chi connectivity index (χ0) is 13.5. The van der Waals surface area contributed by atoms with Gasteiger partial charge < -0.3 is 15.1 Å². The normalized spacial score (nSPS) is 14.2. The van der Waals surface area contributed by atoms with Crippen LogP contribution >= 0.6 is 0 Å². The minimum atomic E-state index is 0.0562. The second-order valence-corrected chi connectivity index (χ2v) is 5.14. The van der Waals surface area contributed by atoms with E-state index in [0.29, 0.717) is 6.54 Å². The fourth-order valence-electron chi connectivity index (χ4n) is 1.98. The molecule has 0 spiro atoms. The molecular formula is C14H24N2O2. The van der Waals surface area contributed by atoms with Crippen molar-refractivity contribution in [2.75, 3.05) is 7.05 Å². The Hall–Kier alpha value is -1.29. The average molecular weight is 252 g/mol. The molecule has 0 aliphatic carbocycles. The number of hydrogen-bond donors (Lipinski definition) is 1. The van der Waals surface area contributed by atoms with Gasteiger partial charge in [0.2, 0.25) is 5.91 Å². The van der Waals surface area contributed by atoms with Crippen LogP contribution in [0, 0.1) is 5.92 Å². The maximum atomic E-state index is 12.1. The Bertz CT molecular complexity index is 347. The number of amides is 1. The molecule has 0 aromatic carbocycles. The average Bonchev–Trinajstić information content (AvgIpc) is 2.80. The topological polar surface area (TPSA) is 59.5 Å². The zero-order valence-electron chi connectivity index (χ0n) is 11.6. The van der Waals surface area contributed by atoms with Crippen molar-refractivity contribution in [2.24, 2.45) is 11.7 Å². The first-order chi connectivity index (χ1) is 8.50. The van der Waals surface area contributed by atoms with Crippen molar-refractivity contribution in [3.8, 4) is 0 Å². The van der Waals surface area contributed by atoms with Crippen LogP contribution < -0.4 is 5.73 Å². The second kappa shape index (κ2) is 7.21. The highest BCUT2D eigenvalue weighted by Gasteiger charge is 2.17. The molecule has 1 amide bonds. The smallest absolute Gasteiger partial charge is 0.225 e. The molecule has 4 heteroatoms. The molecule has 0 fully saturated rings. The Balaban J connectivity index is 2.33. The molecule has 1 rings (SSSR count). The van der Waals surface area contributed by atoms with E-state index in [1.54, 1.807) is 17.4 Å². The first-order valence-electron chi connectivity index (χ1n) is 6.52. The third-order valence-electron chi connectivity index (χ3n) is 3.09. The summed E-state index contributed by atoms with van der Waals surface area (Å²) in [7, 11) is 1.83. The number of nitrogens with two attached hydrogens (primary N) is 1. The minimum absolute atomic E-state index is 0.0562. The highest BCUT2D eigenvalue weighted by molar-refractivity contribution is 5.78. The van der Waals surface area contributed by atoms with Gasteiger partial charge in [-0.2, -0.15) is 0 Å². The SMILES string of the molecule is CC(N)CCCC(C)C(=O)N(C)Cc1ccoc1. The highest BCUT2D eigenvalue weighted by Crippen LogP contribution is 2.13. The second-order valence-electron chi connectivity index (χ2n) is 5.14. The molecular weight excluding hydrogens is 228 g/mol. The van der Waals surface area contributed by atoms with Crippen molar-refractivity contribution in [1.82, 2.24) is 4.90 Å². The Labute approximate surface area is 109 Å². The predicted octanol–water partition coefficient (Wildman–Crippen LogP) is 2.39. The molecule has 2 atom stereocenters. The van der Waals surface area contributed by atoms with Crippen molar-refractivity contribution in [3.05, 3.63) is 24.2 Å². The fourth-order valence-corrected chi connectivity index (χ4v) is 1.98. The summed E-state index contributed by atoms with van der Waals surface area (Å²) in [6.45, 7) is 4.58. The molecule has 0 bridgehead atoms. The standard InChI is InChI=1S/C14H24N2O2/c1-11(5-4-6-12(2)15)14(17)16(3)9-13-7-8-18-10-13/h7-8,10-12H,4-6,9,15H2,1-3H3. The lowest BCUT2D eigenvalue weighted by Gasteiger charge is -2.21. The van der Waals surface area contributed by atoms with Crippen LogP contribution in [0.5, 0.6) is 0 Å². The molecule has 102 valence electrons. The van der Waals surface area contributed by atoms with Crippen LogP contribution in [0.2, 0.25) is 0 Å². The van der Waals surface area contributed by atoms with Gasteiger partial charge in [0.25, 0.3) is 0 Å². The number of carbonyl (C=O) groups is 1. The van der Waals surface area contributed by atoms with Gasteiger partial charge in [-0.15, -0.1) is 0 Å². The summed E-state index contributed by atoms with van der Waals surface area (Å²) in [4.78, 5) is 13.9. The third-order valence-corrected chi connectivity index (χ3v) is 3.09. The maximum Gasteiger partial charge on any atom is 0.225 e. The highest BCUT2D eigenvalue weighted by atomic mass is 16.3.